The number of hydrogen-bond donors (Lipinski definition) is 3. The fourth-order valence-electron chi connectivity index (χ4n) is 1.30. The van der Waals surface area contributed by atoms with Crippen LogP contribution >= 0.6 is 12.4 Å². The minimum atomic E-state index is -0.687. The third kappa shape index (κ3) is 4.84. The van der Waals surface area contributed by atoms with E-state index in [0.29, 0.717) is 0 Å². The number of aliphatic imine (C=N–C) groups is 1. The number of halogens is 1. The summed E-state index contributed by atoms with van der Waals surface area (Å²) in [6.45, 7) is 1.89. The Morgan fingerprint density at radius 3 is 2.21 bits per heavy atom. The van der Waals surface area contributed by atoms with E-state index >= 15 is 0 Å². The van der Waals surface area contributed by atoms with Gasteiger partial charge in [-0.25, -0.2) is 9.79 Å². The monoisotopic (exact) mass is 286 g/mol. The topological polar surface area (TPSA) is 134 Å². The zero-order valence-corrected chi connectivity index (χ0v) is 11.1. The number of nitrogens with two attached hydrogens (primary N) is 3. The van der Waals surface area contributed by atoms with Gasteiger partial charge in [0, 0.05) is 5.56 Å². The Hall–Kier alpha value is -2.28. The van der Waals surface area contributed by atoms with Crippen molar-refractivity contribution < 1.29 is 14.3 Å². The summed E-state index contributed by atoms with van der Waals surface area (Å²) in [5, 5.41) is 0. The summed E-state index contributed by atoms with van der Waals surface area (Å²) in [5.74, 6) is -1.45. The number of ether oxygens (including phenoxy) is 1. The highest BCUT2D eigenvalue weighted by molar-refractivity contribution is 5.98. The maximum Gasteiger partial charge on any atom is 0.338 e. The number of carbonyl (C=O) groups excluding carboxylic acids is 2. The van der Waals surface area contributed by atoms with Crippen LogP contribution in [0, 0.1) is 0 Å². The van der Waals surface area contributed by atoms with E-state index in [-0.39, 0.29) is 41.8 Å². The van der Waals surface area contributed by atoms with Gasteiger partial charge in [0.15, 0.2) is 5.96 Å². The van der Waals surface area contributed by atoms with E-state index in [9.17, 15) is 9.59 Å². The van der Waals surface area contributed by atoms with E-state index in [1.807, 2.05) is 0 Å². The van der Waals surface area contributed by atoms with Crippen LogP contribution in [0.1, 0.15) is 27.6 Å². The molecule has 1 aromatic rings. The van der Waals surface area contributed by atoms with Gasteiger partial charge < -0.3 is 21.9 Å². The summed E-state index contributed by atoms with van der Waals surface area (Å²) in [4.78, 5) is 26.5. The molecule has 7 nitrogen and oxygen atoms in total. The second-order valence-corrected chi connectivity index (χ2v) is 3.39. The van der Waals surface area contributed by atoms with E-state index in [1.54, 1.807) is 6.92 Å². The van der Waals surface area contributed by atoms with Crippen molar-refractivity contribution >= 4 is 35.9 Å². The quantitative estimate of drug-likeness (QED) is 0.415. The zero-order valence-electron chi connectivity index (χ0n) is 10.3. The number of carbonyl (C=O) groups is 2. The lowest BCUT2D eigenvalue weighted by molar-refractivity contribution is 0.0526. The van der Waals surface area contributed by atoms with E-state index in [2.05, 4.69) is 4.99 Å². The number of hydrogen-bond acceptors (Lipinski definition) is 4. The molecule has 0 saturated heterocycles. The number of esters is 1. The highest BCUT2D eigenvalue weighted by Crippen LogP contribution is 2.18. The van der Waals surface area contributed by atoms with Crippen molar-refractivity contribution in [1.29, 1.82) is 0 Å². The first-order valence-electron chi connectivity index (χ1n) is 5.15. The molecule has 1 aromatic carbocycles. The molecular formula is C11H15ClN4O3. The molecule has 0 heterocycles. The molecule has 0 unspecified atom stereocenters. The van der Waals surface area contributed by atoms with Gasteiger partial charge in [0.25, 0.3) is 0 Å². The Labute approximate surface area is 116 Å². The lowest BCUT2D eigenvalue weighted by Gasteiger charge is -2.05. The van der Waals surface area contributed by atoms with Crippen molar-refractivity contribution in [3.63, 3.8) is 0 Å². The first kappa shape index (κ1) is 16.7. The van der Waals surface area contributed by atoms with Crippen LogP contribution in [0.2, 0.25) is 0 Å². The lowest BCUT2D eigenvalue weighted by Crippen LogP contribution is -2.22. The van der Waals surface area contributed by atoms with Gasteiger partial charge in [-0.1, -0.05) is 0 Å². The van der Waals surface area contributed by atoms with Gasteiger partial charge >= 0.3 is 5.97 Å². The molecule has 0 aliphatic heterocycles. The molecule has 0 fully saturated rings. The molecule has 1 amide bonds. The van der Waals surface area contributed by atoms with Crippen LogP contribution in [0.4, 0.5) is 5.69 Å². The fourth-order valence-corrected chi connectivity index (χ4v) is 1.30. The standard InChI is InChI=1S/C11H14N4O3.ClH/c1-2-18-10(17)7-3-6(9(12)16)4-8(5-7)15-11(13)14;/h3-5H,2H2,1H3,(H2,12,16)(H4,13,14,15);1H. The fraction of sp³-hybridized carbons (Fsp3) is 0.182. The summed E-state index contributed by atoms with van der Waals surface area (Å²) in [6, 6.07) is 4.11. The van der Waals surface area contributed by atoms with Crippen LogP contribution in [0.15, 0.2) is 23.2 Å². The lowest BCUT2D eigenvalue weighted by atomic mass is 10.1. The summed E-state index contributed by atoms with van der Waals surface area (Å²) in [5.41, 5.74) is 16.2. The van der Waals surface area contributed by atoms with Crippen LogP contribution in [0.25, 0.3) is 0 Å². The first-order chi connectivity index (χ1) is 8.43. The number of primary amides is 1. The third-order valence-electron chi connectivity index (χ3n) is 1.97. The van der Waals surface area contributed by atoms with E-state index in [4.69, 9.17) is 21.9 Å². The SMILES string of the molecule is CCOC(=O)c1cc(N=C(N)N)cc(C(N)=O)c1.Cl. The molecule has 19 heavy (non-hydrogen) atoms. The third-order valence-corrected chi connectivity index (χ3v) is 1.97. The second-order valence-electron chi connectivity index (χ2n) is 3.39. The van der Waals surface area contributed by atoms with Gasteiger partial charge in [0.1, 0.15) is 0 Å². The Morgan fingerprint density at radius 2 is 1.74 bits per heavy atom. The molecule has 0 radical (unpaired) electrons. The van der Waals surface area contributed by atoms with Gasteiger partial charge in [-0.3, -0.25) is 4.79 Å². The Kier molecular flexibility index (Phi) is 6.35. The molecule has 104 valence electrons. The predicted octanol–water partition coefficient (Wildman–Crippen LogP) is 0.289. The molecule has 0 atom stereocenters. The van der Waals surface area contributed by atoms with Crippen LogP contribution in [0.3, 0.4) is 0 Å². The number of benzene rings is 1. The smallest absolute Gasteiger partial charge is 0.338 e. The summed E-state index contributed by atoms with van der Waals surface area (Å²) in [6.07, 6.45) is 0. The number of guanidine groups is 1. The highest BCUT2D eigenvalue weighted by atomic mass is 35.5. The van der Waals surface area contributed by atoms with Gasteiger partial charge in [0.2, 0.25) is 5.91 Å². The normalized spacial score (nSPS) is 9.11. The molecule has 0 bridgehead atoms. The van der Waals surface area contributed by atoms with Crippen molar-refractivity contribution in [1.82, 2.24) is 0 Å². The van der Waals surface area contributed by atoms with Crippen LogP contribution < -0.4 is 17.2 Å². The molecule has 0 aromatic heterocycles. The Morgan fingerprint density at radius 1 is 1.16 bits per heavy atom. The van der Waals surface area contributed by atoms with Crippen molar-refractivity contribution in [2.24, 2.45) is 22.2 Å². The van der Waals surface area contributed by atoms with Crippen molar-refractivity contribution in [3.8, 4) is 0 Å². The van der Waals surface area contributed by atoms with Crippen LogP contribution in [0.5, 0.6) is 0 Å². The predicted molar refractivity (Wildman–Crippen MR) is 73.6 cm³/mol. The molecule has 6 N–H and O–H groups in total. The molecule has 8 heteroatoms. The van der Waals surface area contributed by atoms with Gasteiger partial charge in [-0.05, 0) is 25.1 Å². The maximum absolute atomic E-state index is 11.6. The van der Waals surface area contributed by atoms with Gasteiger partial charge in [-0.2, -0.15) is 0 Å². The number of nitrogens with zero attached hydrogens (tertiary/aromatic N) is 1. The molecular weight excluding hydrogens is 272 g/mol. The van der Waals surface area contributed by atoms with Crippen LogP contribution in [-0.2, 0) is 4.74 Å². The Bertz CT molecular complexity index is 513. The second kappa shape index (κ2) is 7.22. The molecule has 0 spiro atoms. The van der Waals surface area contributed by atoms with Gasteiger partial charge in [-0.15, -0.1) is 12.4 Å². The summed E-state index contributed by atoms with van der Waals surface area (Å²) >= 11 is 0. The van der Waals surface area contributed by atoms with Gasteiger partial charge in [0.05, 0.1) is 17.9 Å². The molecule has 0 saturated carbocycles. The average Bonchev–Trinajstić information content (AvgIpc) is 2.27. The molecule has 0 aliphatic rings. The first-order valence-corrected chi connectivity index (χ1v) is 5.15. The zero-order chi connectivity index (χ0) is 13.7. The van der Waals surface area contributed by atoms with E-state index < -0.39 is 11.9 Å². The molecule has 1 rings (SSSR count). The number of rotatable bonds is 4. The minimum Gasteiger partial charge on any atom is -0.462 e. The Balaban J connectivity index is 0.00000324. The summed E-state index contributed by atoms with van der Waals surface area (Å²) in [7, 11) is 0. The van der Waals surface area contributed by atoms with Crippen molar-refractivity contribution in [3.05, 3.63) is 29.3 Å². The largest absolute Gasteiger partial charge is 0.462 e. The highest BCUT2D eigenvalue weighted by Gasteiger charge is 2.12. The summed E-state index contributed by atoms with van der Waals surface area (Å²) < 4.78 is 4.82. The van der Waals surface area contributed by atoms with Crippen LogP contribution in [-0.4, -0.2) is 24.4 Å². The maximum atomic E-state index is 11.6. The van der Waals surface area contributed by atoms with E-state index in [0.717, 1.165) is 0 Å². The molecule has 0 aliphatic carbocycles. The van der Waals surface area contributed by atoms with E-state index in [1.165, 1.54) is 18.2 Å². The van der Waals surface area contributed by atoms with Crippen molar-refractivity contribution in [2.45, 2.75) is 6.92 Å². The number of amides is 1. The minimum absolute atomic E-state index is 0. The van der Waals surface area contributed by atoms with Crippen molar-refractivity contribution in [2.75, 3.05) is 6.61 Å². The average molecular weight is 287 g/mol.